The quantitative estimate of drug-likeness (QED) is 0.643. The SMILES string of the molecule is O=C(CN1C(=O)[C@@H]2CCCC[C@H]2C1=O)Nc1ccc(S(=O)(=O)Nc2ncccn2)cc1. The van der Waals surface area contributed by atoms with Crippen molar-refractivity contribution in [3.63, 3.8) is 0 Å². The smallest absolute Gasteiger partial charge is 0.264 e. The number of aromatic nitrogens is 2. The molecule has 0 bridgehead atoms. The number of hydrogen-bond acceptors (Lipinski definition) is 7. The molecule has 1 aliphatic carbocycles. The zero-order valence-electron chi connectivity index (χ0n) is 16.5. The molecule has 0 spiro atoms. The summed E-state index contributed by atoms with van der Waals surface area (Å²) in [5.41, 5.74) is 0.344. The third kappa shape index (κ3) is 4.41. The predicted molar refractivity (Wildman–Crippen MR) is 110 cm³/mol. The van der Waals surface area contributed by atoms with Crippen LogP contribution in [0.15, 0.2) is 47.6 Å². The fraction of sp³-hybridized carbons (Fsp3) is 0.350. The number of amides is 3. The lowest BCUT2D eigenvalue weighted by Gasteiger charge is -2.19. The van der Waals surface area contributed by atoms with Crippen LogP contribution in [0, 0.1) is 11.8 Å². The fourth-order valence-corrected chi connectivity index (χ4v) is 4.94. The van der Waals surface area contributed by atoms with Gasteiger partial charge >= 0.3 is 0 Å². The first-order valence-corrected chi connectivity index (χ1v) is 11.4. The Kier molecular flexibility index (Phi) is 5.68. The summed E-state index contributed by atoms with van der Waals surface area (Å²) in [5, 5.41) is 2.59. The molecule has 1 aromatic heterocycles. The Bertz CT molecular complexity index is 1080. The Balaban J connectivity index is 1.38. The van der Waals surface area contributed by atoms with Crippen LogP contribution >= 0.6 is 0 Å². The predicted octanol–water partition coefficient (Wildman–Crippen LogP) is 1.39. The molecule has 11 heteroatoms. The summed E-state index contributed by atoms with van der Waals surface area (Å²) in [6.07, 6.45) is 6.03. The molecule has 1 aliphatic heterocycles. The maximum Gasteiger partial charge on any atom is 0.264 e. The minimum absolute atomic E-state index is 0.0353. The van der Waals surface area contributed by atoms with Gasteiger partial charge in [-0.1, -0.05) is 12.8 Å². The van der Waals surface area contributed by atoms with Gasteiger partial charge in [-0.2, -0.15) is 0 Å². The zero-order valence-corrected chi connectivity index (χ0v) is 17.3. The molecule has 0 unspecified atom stereocenters. The van der Waals surface area contributed by atoms with Crippen molar-refractivity contribution in [2.45, 2.75) is 30.6 Å². The summed E-state index contributed by atoms with van der Waals surface area (Å²) >= 11 is 0. The van der Waals surface area contributed by atoms with Crippen molar-refractivity contribution in [1.82, 2.24) is 14.9 Å². The molecule has 2 N–H and O–H groups in total. The van der Waals surface area contributed by atoms with E-state index in [1.807, 2.05) is 0 Å². The summed E-state index contributed by atoms with van der Waals surface area (Å²) in [6.45, 7) is -0.350. The molecular weight excluding hydrogens is 422 g/mol. The average molecular weight is 443 g/mol. The van der Waals surface area contributed by atoms with Gasteiger partial charge in [0.15, 0.2) is 0 Å². The van der Waals surface area contributed by atoms with Gasteiger partial charge in [0.25, 0.3) is 10.0 Å². The van der Waals surface area contributed by atoms with Gasteiger partial charge in [0, 0.05) is 18.1 Å². The van der Waals surface area contributed by atoms with E-state index in [4.69, 9.17) is 0 Å². The molecule has 3 amide bonds. The lowest BCUT2D eigenvalue weighted by Crippen LogP contribution is -2.38. The molecule has 10 nitrogen and oxygen atoms in total. The Morgan fingerprint density at radius 1 is 1.00 bits per heavy atom. The standard InChI is InChI=1S/C20H21N5O5S/c26-17(12-25-18(27)15-4-1-2-5-16(15)19(25)28)23-13-6-8-14(9-7-13)31(29,30)24-20-21-10-3-11-22-20/h3,6-11,15-16H,1-2,4-5,12H2,(H,23,26)(H,21,22,24)/t15-,16-/m1/s1. The van der Waals surface area contributed by atoms with Crippen molar-refractivity contribution >= 4 is 39.4 Å². The van der Waals surface area contributed by atoms with Crippen molar-refractivity contribution in [3.8, 4) is 0 Å². The number of carbonyl (C=O) groups is 3. The first-order valence-electron chi connectivity index (χ1n) is 9.90. The van der Waals surface area contributed by atoms with Gasteiger partial charge in [-0.3, -0.25) is 19.3 Å². The van der Waals surface area contributed by atoms with E-state index in [0.717, 1.165) is 17.7 Å². The van der Waals surface area contributed by atoms with E-state index in [-0.39, 0.29) is 41.0 Å². The Morgan fingerprint density at radius 3 is 2.16 bits per heavy atom. The van der Waals surface area contributed by atoms with Gasteiger partial charge in [0.1, 0.15) is 6.54 Å². The van der Waals surface area contributed by atoms with Crippen LogP contribution in [0.1, 0.15) is 25.7 Å². The average Bonchev–Trinajstić information content (AvgIpc) is 3.00. The van der Waals surface area contributed by atoms with Crippen molar-refractivity contribution in [2.75, 3.05) is 16.6 Å². The van der Waals surface area contributed by atoms with Crippen LogP contribution in [-0.4, -0.2) is 47.6 Å². The van der Waals surface area contributed by atoms with Gasteiger partial charge in [-0.05, 0) is 43.2 Å². The molecule has 162 valence electrons. The highest BCUT2D eigenvalue weighted by Gasteiger charge is 2.48. The van der Waals surface area contributed by atoms with E-state index in [2.05, 4.69) is 20.0 Å². The molecule has 2 atom stereocenters. The van der Waals surface area contributed by atoms with E-state index >= 15 is 0 Å². The lowest BCUT2D eigenvalue weighted by atomic mass is 9.81. The molecule has 1 aromatic carbocycles. The number of anilines is 2. The summed E-state index contributed by atoms with van der Waals surface area (Å²) in [4.78, 5) is 46.0. The monoisotopic (exact) mass is 443 g/mol. The third-order valence-corrected chi connectivity index (χ3v) is 6.82. The molecule has 4 rings (SSSR count). The maximum atomic E-state index is 12.5. The van der Waals surface area contributed by atoms with Crippen LogP contribution in [0.2, 0.25) is 0 Å². The number of rotatable bonds is 6. The summed E-state index contributed by atoms with van der Waals surface area (Å²) in [6, 6.07) is 7.05. The second kappa shape index (κ2) is 8.42. The highest BCUT2D eigenvalue weighted by molar-refractivity contribution is 7.92. The van der Waals surface area contributed by atoms with Crippen LogP contribution in [0.25, 0.3) is 0 Å². The highest BCUT2D eigenvalue weighted by Crippen LogP contribution is 2.37. The normalized spacial score (nSPS) is 21.0. The minimum atomic E-state index is -3.89. The second-order valence-electron chi connectivity index (χ2n) is 7.51. The van der Waals surface area contributed by atoms with Crippen molar-refractivity contribution in [1.29, 1.82) is 0 Å². The van der Waals surface area contributed by atoms with E-state index in [9.17, 15) is 22.8 Å². The van der Waals surface area contributed by atoms with Gasteiger partial charge in [0.05, 0.1) is 16.7 Å². The van der Waals surface area contributed by atoms with E-state index in [1.165, 1.54) is 36.7 Å². The molecule has 2 heterocycles. The van der Waals surface area contributed by atoms with Crippen LogP contribution in [0.4, 0.5) is 11.6 Å². The maximum absolute atomic E-state index is 12.5. The lowest BCUT2D eigenvalue weighted by molar-refractivity contribution is -0.142. The minimum Gasteiger partial charge on any atom is -0.325 e. The Hall–Kier alpha value is -3.34. The van der Waals surface area contributed by atoms with Gasteiger partial charge in [0.2, 0.25) is 23.7 Å². The van der Waals surface area contributed by atoms with Gasteiger partial charge in [-0.15, -0.1) is 0 Å². The first kappa shape index (κ1) is 20.9. The summed E-state index contributed by atoms with van der Waals surface area (Å²) in [5.74, 6) is -1.74. The molecule has 2 aliphatic rings. The molecule has 0 radical (unpaired) electrons. The molecule has 1 saturated heterocycles. The number of carbonyl (C=O) groups excluding carboxylic acids is 3. The number of nitrogens with zero attached hydrogens (tertiary/aromatic N) is 3. The number of benzene rings is 1. The Labute approximate surface area is 179 Å². The molecule has 2 aromatic rings. The van der Waals surface area contributed by atoms with Gasteiger partial charge in [-0.25, -0.2) is 23.1 Å². The van der Waals surface area contributed by atoms with Crippen LogP contribution in [0.3, 0.4) is 0 Å². The molecular formula is C20H21N5O5S. The number of sulfonamides is 1. The number of imide groups is 1. The molecule has 1 saturated carbocycles. The summed E-state index contributed by atoms with van der Waals surface area (Å²) < 4.78 is 27.1. The van der Waals surface area contributed by atoms with Crippen LogP contribution in [-0.2, 0) is 24.4 Å². The number of likely N-dealkylation sites (tertiary alicyclic amines) is 1. The largest absolute Gasteiger partial charge is 0.325 e. The second-order valence-corrected chi connectivity index (χ2v) is 9.19. The summed E-state index contributed by atoms with van der Waals surface area (Å²) in [7, 11) is -3.89. The zero-order chi connectivity index (χ0) is 22.0. The van der Waals surface area contributed by atoms with Crippen molar-refractivity contribution in [2.24, 2.45) is 11.8 Å². The highest BCUT2D eigenvalue weighted by atomic mass is 32.2. The van der Waals surface area contributed by atoms with Gasteiger partial charge < -0.3 is 5.32 Å². The van der Waals surface area contributed by atoms with E-state index < -0.39 is 15.9 Å². The number of nitrogens with one attached hydrogen (secondary N) is 2. The van der Waals surface area contributed by atoms with E-state index in [0.29, 0.717) is 18.5 Å². The Morgan fingerprint density at radius 2 is 1.58 bits per heavy atom. The number of hydrogen-bond donors (Lipinski definition) is 2. The van der Waals surface area contributed by atoms with E-state index in [1.54, 1.807) is 6.07 Å². The third-order valence-electron chi connectivity index (χ3n) is 5.47. The van der Waals surface area contributed by atoms with Crippen LogP contribution in [0.5, 0.6) is 0 Å². The first-order chi connectivity index (χ1) is 14.8. The molecule has 2 fully saturated rings. The molecule has 31 heavy (non-hydrogen) atoms. The van der Waals surface area contributed by atoms with Crippen LogP contribution < -0.4 is 10.0 Å². The fourth-order valence-electron chi connectivity index (χ4n) is 3.98. The topological polar surface area (TPSA) is 138 Å². The van der Waals surface area contributed by atoms with Crippen molar-refractivity contribution < 1.29 is 22.8 Å². The number of fused-ring (bicyclic) bond motifs is 1. The van der Waals surface area contributed by atoms with Crippen molar-refractivity contribution in [3.05, 3.63) is 42.7 Å².